The van der Waals surface area contributed by atoms with Gasteiger partial charge in [0.05, 0.1) is 0 Å². The molecule has 2 N–H and O–H groups in total. The molecule has 4 aromatic rings. The molecule has 0 radical (unpaired) electrons. The quantitative estimate of drug-likeness (QED) is 0.475. The fourth-order valence-electron chi connectivity index (χ4n) is 3.34. The van der Waals surface area contributed by atoms with E-state index in [1.54, 1.807) is 12.1 Å². The molecule has 0 saturated carbocycles. The zero-order chi connectivity index (χ0) is 20.4. The number of H-pyrrole nitrogens is 1. The van der Waals surface area contributed by atoms with Gasteiger partial charge in [-0.15, -0.1) is 0 Å². The van der Waals surface area contributed by atoms with Crippen molar-refractivity contribution in [1.29, 1.82) is 0 Å². The number of aromatic nitrogens is 5. The van der Waals surface area contributed by atoms with Crippen LogP contribution in [-0.4, -0.2) is 35.8 Å². The number of pyridine rings is 1. The Bertz CT molecular complexity index is 1110. The highest BCUT2D eigenvalue weighted by molar-refractivity contribution is 5.79. The maximum absolute atomic E-state index is 14.2. The van der Waals surface area contributed by atoms with Crippen molar-refractivity contribution in [2.45, 2.75) is 38.2 Å². The van der Waals surface area contributed by atoms with Gasteiger partial charge in [0.2, 0.25) is 0 Å². The van der Waals surface area contributed by atoms with Crippen molar-refractivity contribution in [2.24, 2.45) is 0 Å². The highest BCUT2D eigenvalue weighted by Gasteiger charge is 2.38. The molecule has 1 aromatic carbocycles. The summed E-state index contributed by atoms with van der Waals surface area (Å²) in [5, 5.41) is 17.6. The number of aliphatic hydroxyl groups is 1. The van der Waals surface area contributed by atoms with Gasteiger partial charge < -0.3 is 9.67 Å². The van der Waals surface area contributed by atoms with E-state index in [9.17, 15) is 13.9 Å². The molecule has 3 heterocycles. The summed E-state index contributed by atoms with van der Waals surface area (Å²) in [5.41, 5.74) is 2.45. The third kappa shape index (κ3) is 3.75. The first-order chi connectivity index (χ1) is 14.0. The minimum atomic E-state index is -3.18. The van der Waals surface area contributed by atoms with Crippen LogP contribution in [0.15, 0.2) is 55.1 Å². The van der Waals surface area contributed by atoms with E-state index >= 15 is 0 Å². The van der Waals surface area contributed by atoms with Gasteiger partial charge in [-0.1, -0.05) is 25.5 Å². The SMILES string of the molecule is CCCCC(F)(F)[C@@H](O)c1cnc2c(ccn2-c2cccc(-c3ncn[nH]3)c2)c1. The Hall–Kier alpha value is -3.13. The number of alkyl halides is 2. The molecule has 0 bridgehead atoms. The molecule has 8 heteroatoms. The van der Waals surface area contributed by atoms with E-state index in [2.05, 4.69) is 20.2 Å². The molecule has 0 aliphatic carbocycles. The molecule has 0 unspecified atom stereocenters. The van der Waals surface area contributed by atoms with Crippen molar-refractivity contribution in [3.8, 4) is 17.1 Å². The molecule has 1 atom stereocenters. The lowest BCUT2D eigenvalue weighted by Crippen LogP contribution is -2.26. The van der Waals surface area contributed by atoms with Crippen LogP contribution in [0.5, 0.6) is 0 Å². The first-order valence-electron chi connectivity index (χ1n) is 9.48. The minimum absolute atomic E-state index is 0.117. The Kier molecular flexibility index (Phi) is 5.10. The fourth-order valence-corrected chi connectivity index (χ4v) is 3.34. The largest absolute Gasteiger partial charge is 0.382 e. The Morgan fingerprint density at radius 1 is 1.21 bits per heavy atom. The van der Waals surface area contributed by atoms with E-state index in [-0.39, 0.29) is 12.0 Å². The molecule has 0 amide bonds. The average molecular weight is 397 g/mol. The second kappa shape index (κ2) is 7.71. The summed E-state index contributed by atoms with van der Waals surface area (Å²) in [6, 6.07) is 11.0. The normalized spacial score (nSPS) is 13.1. The van der Waals surface area contributed by atoms with Crippen LogP contribution in [0.25, 0.3) is 28.1 Å². The van der Waals surface area contributed by atoms with Crippen LogP contribution in [0.4, 0.5) is 8.78 Å². The predicted octanol–water partition coefficient (Wildman–Crippen LogP) is 4.67. The summed E-state index contributed by atoms with van der Waals surface area (Å²) >= 11 is 0. The molecule has 6 nitrogen and oxygen atoms in total. The van der Waals surface area contributed by atoms with E-state index in [0.29, 0.717) is 29.7 Å². The van der Waals surface area contributed by atoms with Crippen molar-refractivity contribution in [3.63, 3.8) is 0 Å². The zero-order valence-corrected chi connectivity index (χ0v) is 15.9. The summed E-state index contributed by atoms with van der Waals surface area (Å²) in [6.07, 6.45) is 3.37. The maximum Gasteiger partial charge on any atom is 0.277 e. The number of aliphatic hydroxyl groups excluding tert-OH is 1. The number of halogens is 2. The first kappa shape index (κ1) is 19.2. The standard InChI is InChI=1S/C21H21F2N5O/c1-2-3-8-21(22,23)18(29)16-10-15-7-9-28(20(15)24-12-16)17-6-4-5-14(11-17)19-25-13-26-27-19/h4-7,9-13,18,29H,2-3,8H2,1H3,(H,25,26,27)/t18-/m0/s1. The predicted molar refractivity (Wildman–Crippen MR) is 106 cm³/mol. The highest BCUT2D eigenvalue weighted by Crippen LogP contribution is 2.36. The number of hydrogen-bond acceptors (Lipinski definition) is 4. The van der Waals surface area contributed by atoms with Crippen LogP contribution in [0.3, 0.4) is 0 Å². The van der Waals surface area contributed by atoms with Crippen molar-refractivity contribution < 1.29 is 13.9 Å². The topological polar surface area (TPSA) is 79.6 Å². The van der Waals surface area contributed by atoms with Crippen LogP contribution in [0, 0.1) is 0 Å². The molecule has 0 saturated heterocycles. The first-order valence-corrected chi connectivity index (χ1v) is 9.48. The van der Waals surface area contributed by atoms with E-state index < -0.39 is 12.0 Å². The number of hydrogen-bond donors (Lipinski definition) is 2. The van der Waals surface area contributed by atoms with Gasteiger partial charge in [-0.25, -0.2) is 18.7 Å². The van der Waals surface area contributed by atoms with Crippen LogP contribution in [0.1, 0.15) is 37.9 Å². The molecule has 150 valence electrons. The summed E-state index contributed by atoms with van der Waals surface area (Å²) in [4.78, 5) is 8.51. The monoisotopic (exact) mass is 397 g/mol. The fraction of sp³-hybridized carbons (Fsp3) is 0.286. The van der Waals surface area contributed by atoms with Crippen LogP contribution >= 0.6 is 0 Å². The Balaban J connectivity index is 1.67. The van der Waals surface area contributed by atoms with Gasteiger partial charge in [0, 0.05) is 41.0 Å². The van der Waals surface area contributed by atoms with Crippen molar-refractivity contribution >= 4 is 11.0 Å². The van der Waals surface area contributed by atoms with Crippen LogP contribution < -0.4 is 0 Å². The van der Waals surface area contributed by atoms with E-state index in [4.69, 9.17) is 0 Å². The van der Waals surface area contributed by atoms with Gasteiger partial charge in [0.25, 0.3) is 5.92 Å². The molecule has 0 aliphatic heterocycles. The number of nitrogens with one attached hydrogen (secondary N) is 1. The van der Waals surface area contributed by atoms with Gasteiger partial charge in [0.1, 0.15) is 18.1 Å². The van der Waals surface area contributed by atoms with Crippen molar-refractivity contribution in [3.05, 3.63) is 60.7 Å². The molecule has 0 aliphatic rings. The Morgan fingerprint density at radius 2 is 2.07 bits per heavy atom. The lowest BCUT2D eigenvalue weighted by molar-refractivity contribution is -0.117. The number of aromatic amines is 1. The Labute approximate surface area is 166 Å². The summed E-state index contributed by atoms with van der Waals surface area (Å²) < 4.78 is 30.3. The number of benzene rings is 1. The van der Waals surface area contributed by atoms with Gasteiger partial charge in [0.15, 0.2) is 5.82 Å². The third-order valence-corrected chi connectivity index (χ3v) is 4.94. The molecule has 0 fully saturated rings. The molecule has 0 spiro atoms. The lowest BCUT2D eigenvalue weighted by Gasteiger charge is -2.22. The van der Waals surface area contributed by atoms with Crippen LogP contribution in [-0.2, 0) is 0 Å². The molecule has 29 heavy (non-hydrogen) atoms. The van der Waals surface area contributed by atoms with E-state index in [0.717, 1.165) is 11.3 Å². The second-order valence-corrected chi connectivity index (χ2v) is 7.02. The number of fused-ring (bicyclic) bond motifs is 1. The molecule has 4 rings (SSSR count). The van der Waals surface area contributed by atoms with Crippen molar-refractivity contribution in [1.82, 2.24) is 24.7 Å². The second-order valence-electron chi connectivity index (χ2n) is 7.02. The molecule has 3 aromatic heterocycles. The summed E-state index contributed by atoms with van der Waals surface area (Å²) in [5.74, 6) is -2.53. The van der Waals surface area contributed by atoms with Gasteiger partial charge in [-0.05, 0) is 30.7 Å². The minimum Gasteiger partial charge on any atom is -0.382 e. The van der Waals surface area contributed by atoms with Crippen LogP contribution in [0.2, 0.25) is 0 Å². The number of nitrogens with zero attached hydrogens (tertiary/aromatic N) is 4. The van der Waals surface area contributed by atoms with Gasteiger partial charge >= 0.3 is 0 Å². The van der Waals surface area contributed by atoms with Gasteiger partial charge in [-0.3, -0.25) is 5.10 Å². The summed E-state index contributed by atoms with van der Waals surface area (Å²) in [6.45, 7) is 1.84. The van der Waals surface area contributed by atoms with E-state index in [1.165, 1.54) is 12.5 Å². The zero-order valence-electron chi connectivity index (χ0n) is 15.9. The smallest absolute Gasteiger partial charge is 0.277 e. The van der Waals surface area contributed by atoms with E-state index in [1.807, 2.05) is 42.0 Å². The maximum atomic E-state index is 14.2. The van der Waals surface area contributed by atoms with Crippen molar-refractivity contribution in [2.75, 3.05) is 0 Å². The molecular weight excluding hydrogens is 376 g/mol. The third-order valence-electron chi connectivity index (χ3n) is 4.94. The Morgan fingerprint density at radius 3 is 2.83 bits per heavy atom. The van der Waals surface area contributed by atoms with Gasteiger partial charge in [-0.2, -0.15) is 5.10 Å². The lowest BCUT2D eigenvalue weighted by atomic mass is 10.00. The molecular formula is C21H21F2N5O. The number of unbranched alkanes of at least 4 members (excludes halogenated alkanes) is 1. The highest BCUT2D eigenvalue weighted by atomic mass is 19.3. The number of rotatable bonds is 7. The summed E-state index contributed by atoms with van der Waals surface area (Å²) in [7, 11) is 0. The average Bonchev–Trinajstić information content (AvgIpc) is 3.41.